The number of halogens is 3. The van der Waals surface area contributed by atoms with E-state index in [9.17, 15) is 18.0 Å². The van der Waals surface area contributed by atoms with Crippen LogP contribution in [0.1, 0.15) is 12.0 Å². The number of pyridine rings is 1. The molecular weight excluding hydrogens is 359 g/mol. The highest BCUT2D eigenvalue weighted by Crippen LogP contribution is 2.35. The Morgan fingerprint density at radius 3 is 2.67 bits per heavy atom. The molecule has 1 aromatic carbocycles. The molecule has 144 valence electrons. The summed E-state index contributed by atoms with van der Waals surface area (Å²) >= 11 is 0. The highest BCUT2D eigenvalue weighted by molar-refractivity contribution is 5.92. The van der Waals surface area contributed by atoms with Gasteiger partial charge in [-0.2, -0.15) is 13.2 Å². The first-order valence-electron chi connectivity index (χ1n) is 9.01. The van der Waals surface area contributed by atoms with Gasteiger partial charge in [0.2, 0.25) is 5.91 Å². The molecule has 8 heteroatoms. The summed E-state index contributed by atoms with van der Waals surface area (Å²) in [6, 6.07) is 5.43. The molecule has 0 N–H and O–H groups in total. The number of fused-ring (bicyclic) bond motifs is 1. The number of hydrogen-bond acceptors (Lipinski definition) is 4. The minimum atomic E-state index is -4.39. The summed E-state index contributed by atoms with van der Waals surface area (Å²) in [6.07, 6.45) is -2.13. The van der Waals surface area contributed by atoms with E-state index in [4.69, 9.17) is 4.74 Å². The fourth-order valence-corrected chi connectivity index (χ4v) is 3.81. The van der Waals surface area contributed by atoms with Gasteiger partial charge in [0, 0.05) is 43.4 Å². The lowest BCUT2D eigenvalue weighted by molar-refractivity contribution is -0.139. The van der Waals surface area contributed by atoms with Crippen molar-refractivity contribution < 1.29 is 22.7 Å². The molecule has 2 aliphatic heterocycles. The van der Waals surface area contributed by atoms with Gasteiger partial charge in [-0.05, 0) is 24.6 Å². The predicted octanol–water partition coefficient (Wildman–Crippen LogP) is 2.94. The number of hydrogen-bond donors (Lipinski definition) is 0. The maximum absolute atomic E-state index is 12.9. The minimum absolute atomic E-state index is 0.0965. The van der Waals surface area contributed by atoms with Crippen LogP contribution in [0.3, 0.4) is 0 Å². The van der Waals surface area contributed by atoms with Crippen molar-refractivity contribution in [2.75, 3.05) is 44.3 Å². The smallest absolute Gasteiger partial charge is 0.378 e. The quantitative estimate of drug-likeness (QED) is 0.805. The Bertz CT molecular complexity index is 850. The van der Waals surface area contributed by atoms with Crippen LogP contribution in [0.5, 0.6) is 0 Å². The molecule has 1 amide bonds. The average molecular weight is 379 g/mol. The Hall–Kier alpha value is -2.35. The van der Waals surface area contributed by atoms with Gasteiger partial charge in [0.15, 0.2) is 0 Å². The van der Waals surface area contributed by atoms with Crippen molar-refractivity contribution in [1.82, 2.24) is 9.88 Å². The van der Waals surface area contributed by atoms with E-state index >= 15 is 0 Å². The van der Waals surface area contributed by atoms with Crippen molar-refractivity contribution in [3.8, 4) is 0 Å². The molecule has 0 spiro atoms. The van der Waals surface area contributed by atoms with Gasteiger partial charge in [0.25, 0.3) is 0 Å². The summed E-state index contributed by atoms with van der Waals surface area (Å²) in [5.41, 5.74) is 0.428. The Kier molecular flexibility index (Phi) is 4.67. The second-order valence-corrected chi connectivity index (χ2v) is 6.93. The van der Waals surface area contributed by atoms with Crippen LogP contribution in [0.4, 0.5) is 18.9 Å². The third-order valence-electron chi connectivity index (χ3n) is 5.25. The zero-order valence-corrected chi connectivity index (χ0v) is 14.7. The van der Waals surface area contributed by atoms with E-state index in [1.165, 1.54) is 12.3 Å². The molecule has 1 aromatic heterocycles. The van der Waals surface area contributed by atoms with Gasteiger partial charge >= 0.3 is 6.18 Å². The molecule has 2 fully saturated rings. The molecule has 4 rings (SSSR count). The van der Waals surface area contributed by atoms with Gasteiger partial charge in [-0.3, -0.25) is 9.78 Å². The molecule has 1 atom stereocenters. The Balaban J connectivity index is 1.55. The van der Waals surface area contributed by atoms with Gasteiger partial charge in [0.05, 0.1) is 30.2 Å². The maximum atomic E-state index is 12.9. The molecule has 5 nitrogen and oxygen atoms in total. The van der Waals surface area contributed by atoms with Crippen molar-refractivity contribution in [3.05, 3.63) is 36.0 Å². The molecule has 2 saturated heterocycles. The number of nitrogens with zero attached hydrogens (tertiary/aromatic N) is 3. The van der Waals surface area contributed by atoms with Crippen LogP contribution in [-0.4, -0.2) is 55.2 Å². The zero-order valence-electron chi connectivity index (χ0n) is 14.7. The molecule has 0 radical (unpaired) electrons. The van der Waals surface area contributed by atoms with Crippen LogP contribution < -0.4 is 4.90 Å². The molecule has 0 bridgehead atoms. The number of amides is 1. The maximum Gasteiger partial charge on any atom is 0.416 e. The number of morpholine rings is 1. The normalized spacial score (nSPS) is 21.1. The molecule has 0 saturated carbocycles. The third kappa shape index (κ3) is 3.58. The number of rotatable bonds is 2. The topological polar surface area (TPSA) is 45.7 Å². The van der Waals surface area contributed by atoms with E-state index < -0.39 is 11.7 Å². The lowest BCUT2D eigenvalue weighted by Gasteiger charge is -2.29. The largest absolute Gasteiger partial charge is 0.416 e. The van der Waals surface area contributed by atoms with Crippen molar-refractivity contribution in [1.29, 1.82) is 0 Å². The number of alkyl halides is 3. The fraction of sp³-hybridized carbons (Fsp3) is 0.474. The summed E-state index contributed by atoms with van der Waals surface area (Å²) in [5, 5.41) is 0.671. The number of carbonyl (C=O) groups is 1. The number of anilines is 1. The van der Waals surface area contributed by atoms with Crippen LogP contribution in [-0.2, 0) is 15.7 Å². The van der Waals surface area contributed by atoms with Crippen LogP contribution in [0.25, 0.3) is 10.9 Å². The summed E-state index contributed by atoms with van der Waals surface area (Å²) in [5.74, 6) is 0.0410. The highest BCUT2D eigenvalue weighted by Gasteiger charge is 2.34. The summed E-state index contributed by atoms with van der Waals surface area (Å²) < 4.78 is 44.1. The van der Waals surface area contributed by atoms with Crippen LogP contribution in [0.15, 0.2) is 30.5 Å². The van der Waals surface area contributed by atoms with Gasteiger partial charge in [-0.25, -0.2) is 0 Å². The first kappa shape index (κ1) is 18.0. The van der Waals surface area contributed by atoms with E-state index in [-0.39, 0.29) is 11.8 Å². The third-order valence-corrected chi connectivity index (χ3v) is 5.25. The van der Waals surface area contributed by atoms with Gasteiger partial charge in [-0.1, -0.05) is 6.07 Å². The van der Waals surface area contributed by atoms with Crippen LogP contribution in [0.2, 0.25) is 0 Å². The molecule has 1 unspecified atom stereocenters. The second-order valence-electron chi connectivity index (χ2n) is 6.93. The monoisotopic (exact) mass is 379 g/mol. The van der Waals surface area contributed by atoms with Crippen molar-refractivity contribution in [2.24, 2.45) is 5.92 Å². The lowest BCUT2D eigenvalue weighted by Crippen LogP contribution is -2.44. The summed E-state index contributed by atoms with van der Waals surface area (Å²) in [7, 11) is 0. The van der Waals surface area contributed by atoms with Gasteiger partial charge in [0.1, 0.15) is 0 Å². The molecule has 3 heterocycles. The lowest BCUT2D eigenvalue weighted by atomic mass is 10.1. The predicted molar refractivity (Wildman–Crippen MR) is 94.5 cm³/mol. The first-order chi connectivity index (χ1) is 12.9. The van der Waals surface area contributed by atoms with Gasteiger partial charge < -0.3 is 14.5 Å². The van der Waals surface area contributed by atoms with E-state index in [0.29, 0.717) is 50.3 Å². The molecular formula is C19H20F3N3O2. The number of carbonyl (C=O) groups excluding carboxylic acids is 1. The Morgan fingerprint density at radius 2 is 1.93 bits per heavy atom. The summed E-state index contributed by atoms with van der Waals surface area (Å²) in [6.45, 7) is 3.64. The summed E-state index contributed by atoms with van der Waals surface area (Å²) in [4.78, 5) is 20.7. The fourth-order valence-electron chi connectivity index (χ4n) is 3.81. The second kappa shape index (κ2) is 6.99. The van der Waals surface area contributed by atoms with E-state index in [2.05, 4.69) is 9.88 Å². The molecule has 0 aliphatic carbocycles. The first-order valence-corrected chi connectivity index (χ1v) is 9.01. The molecule has 2 aromatic rings. The molecule has 2 aliphatic rings. The van der Waals surface area contributed by atoms with Gasteiger partial charge in [-0.15, -0.1) is 0 Å². The van der Waals surface area contributed by atoms with E-state index in [1.54, 1.807) is 6.07 Å². The number of benzene rings is 1. The van der Waals surface area contributed by atoms with Crippen molar-refractivity contribution in [3.63, 3.8) is 0 Å². The number of aromatic nitrogens is 1. The zero-order chi connectivity index (χ0) is 19.0. The SMILES string of the molecule is O=C(C1CCN(c2ccnc3cc(C(F)(F)F)ccc23)C1)N1CCOCC1. The minimum Gasteiger partial charge on any atom is -0.378 e. The van der Waals surface area contributed by atoms with Crippen molar-refractivity contribution in [2.45, 2.75) is 12.6 Å². The van der Waals surface area contributed by atoms with E-state index in [0.717, 1.165) is 24.2 Å². The van der Waals surface area contributed by atoms with Crippen molar-refractivity contribution >= 4 is 22.5 Å². The van der Waals surface area contributed by atoms with E-state index in [1.807, 2.05) is 4.90 Å². The molecule has 27 heavy (non-hydrogen) atoms. The Labute approximate surface area is 154 Å². The van der Waals surface area contributed by atoms with Crippen LogP contribution >= 0.6 is 0 Å². The standard InChI is InChI=1S/C19H20F3N3O2/c20-19(21,22)14-1-2-15-16(11-14)23-5-3-17(15)25-6-4-13(12-25)18(26)24-7-9-27-10-8-24/h1-3,5,11,13H,4,6-10,12H2. The number of ether oxygens (including phenoxy) is 1. The Morgan fingerprint density at radius 1 is 1.15 bits per heavy atom. The van der Waals surface area contributed by atoms with Crippen LogP contribution in [0, 0.1) is 5.92 Å². The highest BCUT2D eigenvalue weighted by atomic mass is 19.4. The average Bonchev–Trinajstić information content (AvgIpc) is 3.16.